The van der Waals surface area contributed by atoms with Gasteiger partial charge in [-0.25, -0.2) is 9.97 Å². The Hall–Kier alpha value is -1.71. The summed E-state index contributed by atoms with van der Waals surface area (Å²) in [5.74, 6) is 0.287. The molecule has 2 rings (SSSR count). The quantitative estimate of drug-likeness (QED) is 0.708. The van der Waals surface area contributed by atoms with E-state index in [2.05, 4.69) is 35.7 Å². The summed E-state index contributed by atoms with van der Waals surface area (Å²) >= 11 is 0. The highest BCUT2D eigenvalue weighted by Crippen LogP contribution is 2.23. The summed E-state index contributed by atoms with van der Waals surface area (Å²) in [7, 11) is 0. The number of rotatable bonds is 0. The number of hydrogen-bond donors (Lipinski definition) is 1. The largest absolute Gasteiger partial charge is 0.368 e. The zero-order valence-electron chi connectivity index (χ0n) is 9.15. The fourth-order valence-electron chi connectivity index (χ4n) is 1.34. The summed E-state index contributed by atoms with van der Waals surface area (Å²) in [6.07, 6.45) is 3.51. The SMILES string of the molecule is CC(C)(C)c1cnc2cnc(N)nc2c1. The summed E-state index contributed by atoms with van der Waals surface area (Å²) in [6, 6.07) is 2.01. The Kier molecular flexibility index (Phi) is 2.07. The summed E-state index contributed by atoms with van der Waals surface area (Å²) < 4.78 is 0. The molecule has 2 aromatic heterocycles. The molecule has 2 N–H and O–H groups in total. The molecule has 2 aromatic rings. The second-order valence-electron chi connectivity index (χ2n) is 4.61. The van der Waals surface area contributed by atoms with E-state index < -0.39 is 0 Å². The van der Waals surface area contributed by atoms with E-state index in [4.69, 9.17) is 5.73 Å². The lowest BCUT2D eigenvalue weighted by atomic mass is 9.88. The van der Waals surface area contributed by atoms with Crippen molar-refractivity contribution in [3.8, 4) is 0 Å². The van der Waals surface area contributed by atoms with Crippen molar-refractivity contribution < 1.29 is 0 Å². The number of nitrogens with two attached hydrogens (primary N) is 1. The van der Waals surface area contributed by atoms with Crippen LogP contribution in [0.3, 0.4) is 0 Å². The molecule has 0 aliphatic rings. The standard InChI is InChI=1S/C11H14N4/c1-11(2,3)7-4-8-9(13-5-7)6-14-10(12)15-8/h4-6H,1-3H3,(H2,12,14,15). The third kappa shape index (κ3) is 1.88. The molecular weight excluding hydrogens is 188 g/mol. The van der Waals surface area contributed by atoms with E-state index in [9.17, 15) is 0 Å². The van der Waals surface area contributed by atoms with Crippen LogP contribution in [0.5, 0.6) is 0 Å². The van der Waals surface area contributed by atoms with Crippen LogP contribution in [-0.4, -0.2) is 15.0 Å². The van der Waals surface area contributed by atoms with E-state index in [0.717, 1.165) is 16.6 Å². The van der Waals surface area contributed by atoms with Gasteiger partial charge in [-0.2, -0.15) is 0 Å². The average Bonchev–Trinajstić information content (AvgIpc) is 2.15. The van der Waals surface area contributed by atoms with Gasteiger partial charge in [-0.1, -0.05) is 20.8 Å². The van der Waals surface area contributed by atoms with Crippen LogP contribution in [0.4, 0.5) is 5.95 Å². The van der Waals surface area contributed by atoms with Gasteiger partial charge in [0.25, 0.3) is 0 Å². The van der Waals surface area contributed by atoms with E-state index in [1.165, 1.54) is 0 Å². The van der Waals surface area contributed by atoms with Gasteiger partial charge in [0.1, 0.15) is 5.52 Å². The molecule has 0 atom stereocenters. The molecule has 0 saturated carbocycles. The normalized spacial score (nSPS) is 11.9. The first-order valence-electron chi connectivity index (χ1n) is 4.85. The van der Waals surface area contributed by atoms with Crippen molar-refractivity contribution in [1.82, 2.24) is 15.0 Å². The molecular formula is C11H14N4. The maximum absolute atomic E-state index is 5.53. The third-order valence-corrected chi connectivity index (χ3v) is 2.32. The van der Waals surface area contributed by atoms with Crippen LogP contribution in [0, 0.1) is 0 Å². The van der Waals surface area contributed by atoms with Gasteiger partial charge < -0.3 is 5.73 Å². The van der Waals surface area contributed by atoms with Gasteiger partial charge in [0, 0.05) is 6.20 Å². The van der Waals surface area contributed by atoms with Gasteiger partial charge in [-0.05, 0) is 17.0 Å². The van der Waals surface area contributed by atoms with E-state index in [0.29, 0.717) is 0 Å². The lowest BCUT2D eigenvalue weighted by Crippen LogP contribution is -2.11. The van der Waals surface area contributed by atoms with Gasteiger partial charge >= 0.3 is 0 Å². The molecule has 0 bridgehead atoms. The molecule has 0 saturated heterocycles. The van der Waals surface area contributed by atoms with Crippen LogP contribution >= 0.6 is 0 Å². The Morgan fingerprint density at radius 1 is 1.07 bits per heavy atom. The van der Waals surface area contributed by atoms with Crippen LogP contribution in [0.1, 0.15) is 26.3 Å². The van der Waals surface area contributed by atoms with Crippen LogP contribution in [0.2, 0.25) is 0 Å². The maximum atomic E-state index is 5.53. The molecule has 0 spiro atoms. The van der Waals surface area contributed by atoms with E-state index >= 15 is 0 Å². The topological polar surface area (TPSA) is 64.7 Å². The van der Waals surface area contributed by atoms with Gasteiger partial charge in [-0.15, -0.1) is 0 Å². The minimum atomic E-state index is 0.0703. The average molecular weight is 202 g/mol. The number of pyridine rings is 1. The Labute approximate surface area is 88.6 Å². The van der Waals surface area contributed by atoms with E-state index in [-0.39, 0.29) is 11.4 Å². The first-order valence-corrected chi connectivity index (χ1v) is 4.85. The Bertz CT molecular complexity index is 499. The zero-order valence-corrected chi connectivity index (χ0v) is 9.15. The molecule has 2 heterocycles. The minimum Gasteiger partial charge on any atom is -0.368 e. The summed E-state index contributed by atoms with van der Waals surface area (Å²) in [4.78, 5) is 12.4. The first kappa shape index (κ1) is 9.83. The van der Waals surface area contributed by atoms with Crippen molar-refractivity contribution in [1.29, 1.82) is 0 Å². The smallest absolute Gasteiger partial charge is 0.220 e. The lowest BCUT2D eigenvalue weighted by Gasteiger charge is -2.18. The summed E-state index contributed by atoms with van der Waals surface area (Å²) in [5.41, 5.74) is 8.33. The van der Waals surface area contributed by atoms with Crippen molar-refractivity contribution >= 4 is 17.0 Å². The monoisotopic (exact) mass is 202 g/mol. The van der Waals surface area contributed by atoms with Gasteiger partial charge in [-0.3, -0.25) is 4.98 Å². The molecule has 4 nitrogen and oxygen atoms in total. The molecule has 78 valence electrons. The van der Waals surface area contributed by atoms with Crippen molar-refractivity contribution in [3.63, 3.8) is 0 Å². The number of nitrogens with zero attached hydrogens (tertiary/aromatic N) is 3. The molecule has 0 aromatic carbocycles. The zero-order chi connectivity index (χ0) is 11.1. The number of nitrogen functional groups attached to an aromatic ring is 1. The Morgan fingerprint density at radius 2 is 1.80 bits per heavy atom. The second kappa shape index (κ2) is 3.15. The van der Waals surface area contributed by atoms with Gasteiger partial charge in [0.2, 0.25) is 5.95 Å². The molecule has 0 radical (unpaired) electrons. The molecule has 0 aliphatic heterocycles. The van der Waals surface area contributed by atoms with Gasteiger partial charge in [0.05, 0.1) is 11.7 Å². The highest BCUT2D eigenvalue weighted by Gasteiger charge is 2.14. The van der Waals surface area contributed by atoms with Gasteiger partial charge in [0.15, 0.2) is 0 Å². The third-order valence-electron chi connectivity index (χ3n) is 2.32. The second-order valence-corrected chi connectivity index (χ2v) is 4.61. The van der Waals surface area contributed by atoms with Crippen molar-refractivity contribution in [2.24, 2.45) is 0 Å². The van der Waals surface area contributed by atoms with Crippen LogP contribution < -0.4 is 5.73 Å². The Morgan fingerprint density at radius 3 is 2.47 bits per heavy atom. The molecule has 0 aliphatic carbocycles. The fourth-order valence-corrected chi connectivity index (χ4v) is 1.34. The molecule has 15 heavy (non-hydrogen) atoms. The van der Waals surface area contributed by atoms with Crippen molar-refractivity contribution in [3.05, 3.63) is 24.0 Å². The molecule has 0 unspecified atom stereocenters. The predicted molar refractivity (Wildman–Crippen MR) is 60.4 cm³/mol. The number of hydrogen-bond acceptors (Lipinski definition) is 4. The fraction of sp³-hybridized carbons (Fsp3) is 0.364. The molecule has 4 heteroatoms. The lowest BCUT2D eigenvalue weighted by molar-refractivity contribution is 0.588. The summed E-state index contributed by atoms with van der Waals surface area (Å²) in [6.45, 7) is 6.42. The maximum Gasteiger partial charge on any atom is 0.220 e. The number of anilines is 1. The number of fused-ring (bicyclic) bond motifs is 1. The van der Waals surface area contributed by atoms with E-state index in [1.807, 2.05) is 12.3 Å². The molecule has 0 fully saturated rings. The first-order chi connectivity index (χ1) is 6.97. The van der Waals surface area contributed by atoms with Crippen LogP contribution in [0.25, 0.3) is 11.0 Å². The van der Waals surface area contributed by atoms with E-state index in [1.54, 1.807) is 6.20 Å². The Balaban J connectivity index is 2.64. The van der Waals surface area contributed by atoms with Crippen molar-refractivity contribution in [2.75, 3.05) is 5.73 Å². The summed E-state index contributed by atoms with van der Waals surface area (Å²) in [5, 5.41) is 0. The van der Waals surface area contributed by atoms with Crippen LogP contribution in [0.15, 0.2) is 18.5 Å². The number of aromatic nitrogens is 3. The van der Waals surface area contributed by atoms with Crippen LogP contribution in [-0.2, 0) is 5.41 Å². The predicted octanol–water partition coefficient (Wildman–Crippen LogP) is 1.90. The highest BCUT2D eigenvalue weighted by atomic mass is 15.0. The minimum absolute atomic E-state index is 0.0703. The van der Waals surface area contributed by atoms with Crippen molar-refractivity contribution in [2.45, 2.75) is 26.2 Å². The molecule has 0 amide bonds. The highest BCUT2D eigenvalue weighted by molar-refractivity contribution is 5.74.